The number of rotatable bonds is 0. The molecular formula is C11H14. The molecule has 1 spiro atoms. The Bertz CT molecular complexity index is 253. The molecule has 0 aromatic heterocycles. The summed E-state index contributed by atoms with van der Waals surface area (Å²) in [6.45, 7) is 2.21. The SMILES string of the molecule is CC=C1C2C=CC(C2)C12CC2. The lowest BCUT2D eigenvalue weighted by Gasteiger charge is -2.19. The van der Waals surface area contributed by atoms with Gasteiger partial charge in [-0.25, -0.2) is 0 Å². The third-order valence-corrected chi connectivity index (χ3v) is 3.87. The summed E-state index contributed by atoms with van der Waals surface area (Å²) in [6, 6.07) is 0. The highest BCUT2D eigenvalue weighted by atomic mass is 14.6. The Balaban J connectivity index is 2.12. The van der Waals surface area contributed by atoms with Gasteiger partial charge in [0.15, 0.2) is 0 Å². The van der Waals surface area contributed by atoms with Crippen LogP contribution in [0.25, 0.3) is 0 Å². The molecule has 0 aromatic rings. The highest BCUT2D eigenvalue weighted by molar-refractivity contribution is 5.40. The molecule has 3 aliphatic rings. The van der Waals surface area contributed by atoms with E-state index in [2.05, 4.69) is 25.2 Å². The maximum absolute atomic E-state index is 2.46. The zero-order chi connectivity index (χ0) is 7.47. The first kappa shape index (κ1) is 6.05. The molecule has 0 radical (unpaired) electrons. The molecule has 2 saturated carbocycles. The second-order valence-corrected chi connectivity index (χ2v) is 4.23. The largest absolute Gasteiger partial charge is 0.0873 e. The normalized spacial score (nSPS) is 46.1. The van der Waals surface area contributed by atoms with E-state index < -0.39 is 0 Å². The zero-order valence-electron chi connectivity index (χ0n) is 7.01. The molecule has 2 atom stereocenters. The van der Waals surface area contributed by atoms with Crippen molar-refractivity contribution in [3.8, 4) is 0 Å². The Kier molecular flexibility index (Phi) is 0.894. The van der Waals surface area contributed by atoms with Crippen molar-refractivity contribution in [2.45, 2.75) is 26.2 Å². The van der Waals surface area contributed by atoms with E-state index in [1.165, 1.54) is 19.3 Å². The van der Waals surface area contributed by atoms with Crippen molar-refractivity contribution >= 4 is 0 Å². The van der Waals surface area contributed by atoms with E-state index in [4.69, 9.17) is 0 Å². The van der Waals surface area contributed by atoms with E-state index in [-0.39, 0.29) is 0 Å². The fraction of sp³-hybridized carbons (Fsp3) is 0.636. The van der Waals surface area contributed by atoms with Crippen molar-refractivity contribution in [3.63, 3.8) is 0 Å². The van der Waals surface area contributed by atoms with Gasteiger partial charge in [-0.3, -0.25) is 0 Å². The number of allylic oxidation sites excluding steroid dienone is 4. The van der Waals surface area contributed by atoms with Gasteiger partial charge < -0.3 is 0 Å². The lowest BCUT2D eigenvalue weighted by molar-refractivity contribution is 0.496. The van der Waals surface area contributed by atoms with Gasteiger partial charge in [0, 0.05) is 0 Å². The molecule has 2 unspecified atom stereocenters. The standard InChI is InChI=1S/C11H14/c1-2-10-8-3-4-9(7-8)11(10)5-6-11/h2-4,8-9H,5-7H2,1H3. The molecule has 0 nitrogen and oxygen atoms in total. The summed E-state index contributed by atoms with van der Waals surface area (Å²) >= 11 is 0. The Labute approximate surface area is 68.0 Å². The molecule has 3 aliphatic carbocycles. The summed E-state index contributed by atoms with van der Waals surface area (Å²) < 4.78 is 0. The quantitative estimate of drug-likeness (QED) is 0.461. The van der Waals surface area contributed by atoms with Crippen LogP contribution >= 0.6 is 0 Å². The van der Waals surface area contributed by atoms with Crippen LogP contribution in [0.5, 0.6) is 0 Å². The average molecular weight is 146 g/mol. The highest BCUT2D eigenvalue weighted by Gasteiger charge is 2.58. The molecule has 0 N–H and O–H groups in total. The summed E-state index contributed by atoms with van der Waals surface area (Å²) in [5.74, 6) is 1.77. The Morgan fingerprint density at radius 3 is 2.82 bits per heavy atom. The van der Waals surface area contributed by atoms with Crippen LogP contribution in [-0.4, -0.2) is 0 Å². The second-order valence-electron chi connectivity index (χ2n) is 4.23. The van der Waals surface area contributed by atoms with Crippen LogP contribution in [0.1, 0.15) is 26.2 Å². The van der Waals surface area contributed by atoms with Gasteiger partial charge in [0.05, 0.1) is 0 Å². The lowest BCUT2D eigenvalue weighted by atomic mass is 9.85. The zero-order valence-corrected chi connectivity index (χ0v) is 7.01. The average Bonchev–Trinajstić information content (AvgIpc) is 2.58. The van der Waals surface area contributed by atoms with Crippen molar-refractivity contribution in [2.24, 2.45) is 17.3 Å². The lowest BCUT2D eigenvalue weighted by Crippen LogP contribution is -2.10. The predicted molar refractivity (Wildman–Crippen MR) is 46.2 cm³/mol. The molecule has 58 valence electrons. The molecule has 0 heterocycles. The summed E-state index contributed by atoms with van der Waals surface area (Å²) in [5, 5.41) is 0. The van der Waals surface area contributed by atoms with Crippen LogP contribution in [0.3, 0.4) is 0 Å². The number of hydrogen-bond acceptors (Lipinski definition) is 0. The summed E-state index contributed by atoms with van der Waals surface area (Å²) in [7, 11) is 0. The van der Waals surface area contributed by atoms with Gasteiger partial charge in [0.1, 0.15) is 0 Å². The van der Waals surface area contributed by atoms with Crippen LogP contribution in [0.2, 0.25) is 0 Å². The van der Waals surface area contributed by atoms with Gasteiger partial charge in [0.25, 0.3) is 0 Å². The predicted octanol–water partition coefficient (Wildman–Crippen LogP) is 2.92. The van der Waals surface area contributed by atoms with Crippen LogP contribution in [0.4, 0.5) is 0 Å². The molecular weight excluding hydrogens is 132 g/mol. The fourth-order valence-corrected chi connectivity index (χ4v) is 3.22. The van der Waals surface area contributed by atoms with Crippen LogP contribution in [0.15, 0.2) is 23.8 Å². The van der Waals surface area contributed by atoms with E-state index >= 15 is 0 Å². The van der Waals surface area contributed by atoms with Crippen molar-refractivity contribution in [3.05, 3.63) is 23.8 Å². The van der Waals surface area contributed by atoms with E-state index in [9.17, 15) is 0 Å². The molecule has 0 aromatic carbocycles. The number of fused-ring (bicyclic) bond motifs is 3. The first-order valence-electron chi connectivity index (χ1n) is 4.72. The first-order valence-corrected chi connectivity index (χ1v) is 4.72. The summed E-state index contributed by atoms with van der Waals surface area (Å²) in [5.41, 5.74) is 2.47. The minimum absolute atomic E-state index is 0.703. The van der Waals surface area contributed by atoms with Gasteiger partial charge >= 0.3 is 0 Å². The molecule has 2 bridgehead atoms. The Morgan fingerprint density at radius 1 is 1.45 bits per heavy atom. The van der Waals surface area contributed by atoms with Crippen molar-refractivity contribution in [1.82, 2.24) is 0 Å². The van der Waals surface area contributed by atoms with Gasteiger partial charge in [-0.1, -0.05) is 23.8 Å². The third kappa shape index (κ3) is 0.535. The van der Waals surface area contributed by atoms with Gasteiger partial charge in [-0.05, 0) is 43.4 Å². The molecule has 0 heteroatoms. The maximum Gasteiger partial charge on any atom is -0.00116 e. The Morgan fingerprint density at radius 2 is 2.27 bits per heavy atom. The molecule has 3 rings (SSSR count). The smallest absolute Gasteiger partial charge is 0.00116 e. The second kappa shape index (κ2) is 1.63. The Hall–Kier alpha value is -0.520. The third-order valence-electron chi connectivity index (χ3n) is 3.87. The summed E-state index contributed by atoms with van der Waals surface area (Å²) in [4.78, 5) is 0. The van der Waals surface area contributed by atoms with Crippen molar-refractivity contribution in [2.75, 3.05) is 0 Å². The van der Waals surface area contributed by atoms with E-state index in [1.807, 2.05) is 0 Å². The van der Waals surface area contributed by atoms with Crippen molar-refractivity contribution in [1.29, 1.82) is 0 Å². The van der Waals surface area contributed by atoms with Crippen LogP contribution < -0.4 is 0 Å². The molecule has 0 aliphatic heterocycles. The molecule has 0 amide bonds. The van der Waals surface area contributed by atoms with Crippen molar-refractivity contribution < 1.29 is 0 Å². The van der Waals surface area contributed by atoms with E-state index in [0.29, 0.717) is 5.41 Å². The first-order chi connectivity index (χ1) is 5.37. The van der Waals surface area contributed by atoms with Gasteiger partial charge in [-0.15, -0.1) is 0 Å². The molecule has 0 saturated heterocycles. The number of hydrogen-bond donors (Lipinski definition) is 0. The fourth-order valence-electron chi connectivity index (χ4n) is 3.22. The minimum Gasteiger partial charge on any atom is -0.0873 e. The topological polar surface area (TPSA) is 0 Å². The minimum atomic E-state index is 0.703. The van der Waals surface area contributed by atoms with E-state index in [1.54, 1.807) is 5.57 Å². The summed E-state index contributed by atoms with van der Waals surface area (Å²) in [6.07, 6.45) is 11.6. The molecule has 11 heavy (non-hydrogen) atoms. The maximum atomic E-state index is 2.46. The monoisotopic (exact) mass is 146 g/mol. The van der Waals surface area contributed by atoms with Gasteiger partial charge in [-0.2, -0.15) is 0 Å². The van der Waals surface area contributed by atoms with Crippen LogP contribution in [-0.2, 0) is 0 Å². The molecule has 2 fully saturated rings. The highest BCUT2D eigenvalue weighted by Crippen LogP contribution is 2.68. The van der Waals surface area contributed by atoms with Crippen LogP contribution in [0, 0.1) is 17.3 Å². The van der Waals surface area contributed by atoms with E-state index in [0.717, 1.165) is 11.8 Å². The van der Waals surface area contributed by atoms with Gasteiger partial charge in [0.2, 0.25) is 0 Å².